The first-order chi connectivity index (χ1) is 6.84. The molecule has 15 heavy (non-hydrogen) atoms. The lowest BCUT2D eigenvalue weighted by atomic mass is 10.4. The van der Waals surface area contributed by atoms with E-state index < -0.39 is 21.7 Å². The standard InChI is InChI=1S/C7H10N2O4S2/c1-4(2)9-15(12,13)7-5(6(10)11)8-3-14-7/h3-4,9H,1-2H3,(H,10,11). The van der Waals surface area contributed by atoms with E-state index in [1.807, 2.05) is 0 Å². The van der Waals surface area contributed by atoms with Gasteiger partial charge in [-0.25, -0.2) is 22.9 Å². The molecule has 0 bridgehead atoms. The molecule has 0 radical (unpaired) electrons. The van der Waals surface area contributed by atoms with Crippen molar-refractivity contribution in [3.8, 4) is 0 Å². The summed E-state index contributed by atoms with van der Waals surface area (Å²) in [5, 5.41) is 8.70. The van der Waals surface area contributed by atoms with Crippen LogP contribution in [-0.4, -0.2) is 30.5 Å². The second-order valence-corrected chi connectivity index (χ2v) is 5.83. The highest BCUT2D eigenvalue weighted by atomic mass is 32.2. The first-order valence-corrected chi connectivity index (χ1v) is 6.40. The molecule has 0 saturated heterocycles. The van der Waals surface area contributed by atoms with Crippen LogP contribution in [0.2, 0.25) is 0 Å². The van der Waals surface area contributed by atoms with Crippen LogP contribution in [0.3, 0.4) is 0 Å². The number of sulfonamides is 1. The molecule has 0 aromatic carbocycles. The van der Waals surface area contributed by atoms with Crippen LogP contribution in [0.25, 0.3) is 0 Å². The minimum atomic E-state index is -3.77. The molecule has 0 aliphatic rings. The number of nitrogens with zero attached hydrogens (tertiary/aromatic N) is 1. The molecule has 6 nitrogen and oxygen atoms in total. The monoisotopic (exact) mass is 250 g/mol. The Morgan fingerprint density at radius 3 is 2.67 bits per heavy atom. The van der Waals surface area contributed by atoms with Crippen LogP contribution < -0.4 is 4.72 Å². The van der Waals surface area contributed by atoms with Crippen molar-refractivity contribution >= 4 is 27.3 Å². The van der Waals surface area contributed by atoms with Gasteiger partial charge in [0.25, 0.3) is 10.0 Å². The minimum Gasteiger partial charge on any atom is -0.476 e. The number of carboxylic acid groups (broad SMARTS) is 1. The first kappa shape index (κ1) is 12.1. The quantitative estimate of drug-likeness (QED) is 0.812. The Labute approximate surface area is 91.0 Å². The van der Waals surface area contributed by atoms with E-state index in [0.717, 1.165) is 11.3 Å². The molecule has 1 heterocycles. The predicted octanol–water partition coefficient (Wildman–Crippen LogP) is 0.528. The highest BCUT2D eigenvalue weighted by molar-refractivity contribution is 7.91. The number of thiazole rings is 1. The lowest BCUT2D eigenvalue weighted by molar-refractivity contribution is 0.0687. The van der Waals surface area contributed by atoms with E-state index in [1.165, 1.54) is 5.51 Å². The minimum absolute atomic E-state index is 0.260. The summed E-state index contributed by atoms with van der Waals surface area (Å²) < 4.78 is 25.3. The Morgan fingerprint density at radius 1 is 1.60 bits per heavy atom. The molecule has 0 aliphatic carbocycles. The second-order valence-electron chi connectivity index (χ2n) is 3.07. The fraction of sp³-hybridized carbons (Fsp3) is 0.429. The fourth-order valence-corrected chi connectivity index (χ4v) is 3.34. The molecule has 8 heteroatoms. The SMILES string of the molecule is CC(C)NS(=O)(=O)c1scnc1C(=O)O. The summed E-state index contributed by atoms with van der Waals surface area (Å²) in [5.74, 6) is -1.35. The van der Waals surface area contributed by atoms with Crippen LogP contribution in [-0.2, 0) is 10.0 Å². The van der Waals surface area contributed by atoms with E-state index in [9.17, 15) is 13.2 Å². The number of aromatic nitrogens is 1. The number of hydrogen-bond acceptors (Lipinski definition) is 5. The number of carbonyl (C=O) groups is 1. The maximum Gasteiger partial charge on any atom is 0.356 e. The van der Waals surface area contributed by atoms with Gasteiger partial charge in [0.1, 0.15) is 0 Å². The molecule has 1 rings (SSSR count). The Morgan fingerprint density at radius 2 is 2.20 bits per heavy atom. The number of carboxylic acids is 1. The largest absolute Gasteiger partial charge is 0.476 e. The Hall–Kier alpha value is -0.990. The van der Waals surface area contributed by atoms with E-state index in [2.05, 4.69) is 9.71 Å². The van der Waals surface area contributed by atoms with Crippen LogP contribution in [0.1, 0.15) is 24.3 Å². The topological polar surface area (TPSA) is 96.4 Å². The van der Waals surface area contributed by atoms with Gasteiger partial charge in [0.2, 0.25) is 0 Å². The first-order valence-electron chi connectivity index (χ1n) is 4.03. The van der Waals surface area contributed by atoms with Crippen LogP contribution >= 0.6 is 11.3 Å². The number of nitrogens with one attached hydrogen (secondary N) is 1. The third-order valence-electron chi connectivity index (χ3n) is 1.37. The smallest absolute Gasteiger partial charge is 0.356 e. The van der Waals surface area contributed by atoms with Gasteiger partial charge in [0, 0.05) is 6.04 Å². The predicted molar refractivity (Wildman–Crippen MR) is 54.5 cm³/mol. The summed E-state index contributed by atoms with van der Waals surface area (Å²) in [7, 11) is -3.77. The van der Waals surface area contributed by atoms with E-state index in [1.54, 1.807) is 13.8 Å². The summed E-state index contributed by atoms with van der Waals surface area (Å²) in [5.41, 5.74) is 0.756. The molecule has 2 N–H and O–H groups in total. The van der Waals surface area contributed by atoms with E-state index in [0.29, 0.717) is 0 Å². The van der Waals surface area contributed by atoms with Crippen molar-refractivity contribution in [2.75, 3.05) is 0 Å². The van der Waals surface area contributed by atoms with Gasteiger partial charge in [-0.1, -0.05) is 0 Å². The van der Waals surface area contributed by atoms with Crippen molar-refractivity contribution in [1.29, 1.82) is 0 Å². The molecule has 84 valence electrons. The molecule has 0 aliphatic heterocycles. The third kappa shape index (κ3) is 2.74. The van der Waals surface area contributed by atoms with Gasteiger partial charge < -0.3 is 5.11 Å². The van der Waals surface area contributed by atoms with Crippen molar-refractivity contribution in [1.82, 2.24) is 9.71 Å². The van der Waals surface area contributed by atoms with Gasteiger partial charge in [-0.2, -0.15) is 0 Å². The van der Waals surface area contributed by atoms with E-state index in [4.69, 9.17) is 5.11 Å². The number of hydrogen-bond donors (Lipinski definition) is 2. The highest BCUT2D eigenvalue weighted by Crippen LogP contribution is 2.19. The summed E-state index contributed by atoms with van der Waals surface area (Å²) in [6.45, 7) is 3.30. The third-order valence-corrected chi connectivity index (χ3v) is 4.40. The van der Waals surface area contributed by atoms with Gasteiger partial charge in [0.15, 0.2) is 9.90 Å². The normalized spacial score (nSPS) is 11.9. The number of aromatic carboxylic acids is 1. The average Bonchev–Trinajstić information content (AvgIpc) is 2.48. The molecule has 1 aromatic rings. The molecule has 0 unspecified atom stereocenters. The zero-order chi connectivity index (χ0) is 11.6. The summed E-state index contributed by atoms with van der Waals surface area (Å²) in [6, 6.07) is -0.293. The van der Waals surface area contributed by atoms with Crippen LogP contribution in [0.5, 0.6) is 0 Å². The summed E-state index contributed by atoms with van der Waals surface area (Å²) >= 11 is 0.784. The molecule has 0 fully saturated rings. The van der Waals surface area contributed by atoms with Crippen LogP contribution in [0.15, 0.2) is 9.72 Å². The van der Waals surface area contributed by atoms with Gasteiger partial charge in [-0.3, -0.25) is 0 Å². The van der Waals surface area contributed by atoms with E-state index >= 15 is 0 Å². The maximum absolute atomic E-state index is 11.6. The van der Waals surface area contributed by atoms with Crippen LogP contribution in [0.4, 0.5) is 0 Å². The van der Waals surface area contributed by atoms with Crippen molar-refractivity contribution in [2.45, 2.75) is 24.1 Å². The molecular formula is C7H10N2O4S2. The van der Waals surface area contributed by atoms with Crippen molar-refractivity contribution < 1.29 is 18.3 Å². The highest BCUT2D eigenvalue weighted by Gasteiger charge is 2.25. The zero-order valence-corrected chi connectivity index (χ0v) is 9.72. The lowest BCUT2D eigenvalue weighted by Crippen LogP contribution is -2.30. The summed E-state index contributed by atoms with van der Waals surface area (Å²) in [6.07, 6.45) is 0. The molecule has 0 spiro atoms. The van der Waals surface area contributed by atoms with Gasteiger partial charge in [-0.15, -0.1) is 11.3 Å². The maximum atomic E-state index is 11.6. The lowest BCUT2D eigenvalue weighted by Gasteiger charge is -2.07. The summed E-state index contributed by atoms with van der Waals surface area (Å²) in [4.78, 5) is 14.2. The Bertz CT molecular complexity index is 463. The van der Waals surface area contributed by atoms with Crippen molar-refractivity contribution in [2.24, 2.45) is 0 Å². The van der Waals surface area contributed by atoms with Gasteiger partial charge in [0.05, 0.1) is 5.51 Å². The zero-order valence-electron chi connectivity index (χ0n) is 8.09. The van der Waals surface area contributed by atoms with Gasteiger partial charge in [-0.05, 0) is 13.8 Å². The molecular weight excluding hydrogens is 240 g/mol. The Kier molecular flexibility index (Phi) is 3.42. The number of rotatable bonds is 4. The molecule has 0 amide bonds. The fourth-order valence-electron chi connectivity index (χ4n) is 0.932. The van der Waals surface area contributed by atoms with E-state index in [-0.39, 0.29) is 10.3 Å². The second kappa shape index (κ2) is 4.25. The molecule has 1 aromatic heterocycles. The van der Waals surface area contributed by atoms with Crippen molar-refractivity contribution in [3.63, 3.8) is 0 Å². The molecule has 0 atom stereocenters. The average molecular weight is 250 g/mol. The van der Waals surface area contributed by atoms with Crippen molar-refractivity contribution in [3.05, 3.63) is 11.2 Å². The molecule has 0 saturated carbocycles. The van der Waals surface area contributed by atoms with Gasteiger partial charge >= 0.3 is 5.97 Å². The Balaban J connectivity index is 3.16. The van der Waals surface area contributed by atoms with Crippen LogP contribution in [0, 0.1) is 0 Å².